The zero-order valence-electron chi connectivity index (χ0n) is 27.4. The summed E-state index contributed by atoms with van der Waals surface area (Å²) >= 11 is 1.38. The molecule has 0 saturated carbocycles. The molecule has 6 rings (SSSR count). The predicted molar refractivity (Wildman–Crippen MR) is 199 cm³/mol. The van der Waals surface area contributed by atoms with E-state index in [4.69, 9.17) is 4.74 Å². The molecule has 1 aromatic heterocycles. The first-order valence-electron chi connectivity index (χ1n) is 15.9. The third-order valence-electron chi connectivity index (χ3n) is 8.09. The first-order chi connectivity index (χ1) is 23.8. The second-order valence-electron chi connectivity index (χ2n) is 11.4. The number of carbonyl (C=O) groups is 3. The Bertz CT molecular complexity index is 2170. The van der Waals surface area contributed by atoms with E-state index < -0.39 is 17.1 Å². The van der Waals surface area contributed by atoms with Crippen LogP contribution in [0.15, 0.2) is 132 Å². The van der Waals surface area contributed by atoms with Gasteiger partial charge in [-0.05, 0) is 92.2 Å². The summed E-state index contributed by atoms with van der Waals surface area (Å²) in [6.45, 7) is 4.83. The molecule has 5 aromatic carbocycles. The number of nitrogens with one attached hydrogen (secondary N) is 3. The summed E-state index contributed by atoms with van der Waals surface area (Å²) in [5.41, 5.74) is 4.76. The van der Waals surface area contributed by atoms with E-state index in [0.717, 1.165) is 33.4 Å². The number of carbonyl (C=O) groups excluding carboxylic acids is 3. The summed E-state index contributed by atoms with van der Waals surface area (Å²) in [7, 11) is 1.58. The second kappa shape index (κ2) is 15.0. The van der Waals surface area contributed by atoms with Crippen LogP contribution in [0.25, 0.3) is 27.9 Å². The minimum Gasteiger partial charge on any atom is -0.497 e. The Labute approximate surface area is 289 Å². The predicted octanol–water partition coefficient (Wildman–Crippen LogP) is 8.35. The molecule has 8 nitrogen and oxygen atoms in total. The summed E-state index contributed by atoms with van der Waals surface area (Å²) in [5.74, 6) is -0.357. The van der Waals surface area contributed by atoms with E-state index in [0.29, 0.717) is 22.6 Å². The highest BCUT2D eigenvalue weighted by Gasteiger charge is 2.18. The Morgan fingerprint density at radius 3 is 2.24 bits per heavy atom. The fraction of sp³-hybridized carbons (Fsp3) is 0.125. The Kier molecular flexibility index (Phi) is 10.1. The molecular formula is C40H36N4O4S. The number of aryl methyl sites for hydroxylation is 1. The second-order valence-corrected chi connectivity index (χ2v) is 12.8. The Morgan fingerprint density at radius 1 is 0.776 bits per heavy atom. The third kappa shape index (κ3) is 7.69. The highest BCUT2D eigenvalue weighted by atomic mass is 32.2. The van der Waals surface area contributed by atoms with Crippen molar-refractivity contribution in [3.63, 3.8) is 0 Å². The first kappa shape index (κ1) is 33.1. The van der Waals surface area contributed by atoms with E-state index in [-0.39, 0.29) is 11.6 Å². The van der Waals surface area contributed by atoms with Gasteiger partial charge in [-0.25, -0.2) is 0 Å². The van der Waals surface area contributed by atoms with Crippen molar-refractivity contribution in [2.24, 2.45) is 0 Å². The van der Waals surface area contributed by atoms with Crippen LogP contribution in [-0.2, 0) is 16.1 Å². The lowest BCUT2D eigenvalue weighted by Gasteiger charge is -2.14. The number of benzene rings is 5. The van der Waals surface area contributed by atoms with Crippen molar-refractivity contribution in [2.75, 3.05) is 17.7 Å². The topological polar surface area (TPSA) is 101 Å². The molecule has 246 valence electrons. The van der Waals surface area contributed by atoms with Gasteiger partial charge in [0.1, 0.15) is 11.4 Å². The molecule has 0 spiro atoms. The molecule has 6 aromatic rings. The number of ether oxygens (including phenoxy) is 1. The maximum Gasteiger partial charge on any atom is 0.272 e. The lowest BCUT2D eigenvalue weighted by atomic mass is 10.1. The zero-order chi connectivity index (χ0) is 34.3. The number of fused-ring (bicyclic) bond motifs is 3. The number of thioether (sulfide) groups is 1. The van der Waals surface area contributed by atoms with Gasteiger partial charge in [0.15, 0.2) is 0 Å². The van der Waals surface area contributed by atoms with Crippen LogP contribution in [0, 0.1) is 0 Å². The van der Waals surface area contributed by atoms with Gasteiger partial charge in [-0.15, -0.1) is 11.8 Å². The maximum absolute atomic E-state index is 13.6. The number of hydrogen-bond acceptors (Lipinski definition) is 5. The van der Waals surface area contributed by atoms with Gasteiger partial charge >= 0.3 is 0 Å². The number of para-hydroxylation sites is 1. The molecule has 0 aliphatic rings. The molecule has 0 saturated heterocycles. The standard InChI is InChI=1S/C40H36N4O4S/c1-4-44-36-16-9-8-15-33(36)34-25-30(19-22-37(34)44)41-38(45)26(2)49-32-14-10-13-29(24-32)42-40(47)35(23-27-17-20-31(48-3)21-18-27)43-39(46)28-11-6-5-7-12-28/h5-26H,4H2,1-3H3,(H,41,45)(H,42,47)(H,43,46)/b35-23+. The van der Waals surface area contributed by atoms with Crippen molar-refractivity contribution in [1.82, 2.24) is 9.88 Å². The number of nitrogens with zero attached hydrogens (tertiary/aromatic N) is 1. The number of aromatic nitrogens is 1. The van der Waals surface area contributed by atoms with Crippen molar-refractivity contribution in [2.45, 2.75) is 30.5 Å². The van der Waals surface area contributed by atoms with E-state index in [1.165, 1.54) is 17.3 Å². The summed E-state index contributed by atoms with van der Waals surface area (Å²) < 4.78 is 7.52. The van der Waals surface area contributed by atoms with Crippen molar-refractivity contribution < 1.29 is 19.1 Å². The van der Waals surface area contributed by atoms with Crippen molar-refractivity contribution >= 4 is 68.7 Å². The molecule has 3 N–H and O–H groups in total. The molecule has 0 aliphatic heterocycles. The van der Waals surface area contributed by atoms with Gasteiger partial charge in [0, 0.05) is 50.2 Å². The molecule has 1 atom stereocenters. The van der Waals surface area contributed by atoms with Crippen molar-refractivity contribution in [1.29, 1.82) is 0 Å². The van der Waals surface area contributed by atoms with E-state index in [1.54, 1.807) is 67.8 Å². The molecule has 9 heteroatoms. The van der Waals surface area contributed by atoms with Gasteiger partial charge < -0.3 is 25.3 Å². The summed E-state index contributed by atoms with van der Waals surface area (Å²) in [4.78, 5) is 40.7. The normalized spacial score (nSPS) is 12.0. The lowest BCUT2D eigenvalue weighted by molar-refractivity contribution is -0.115. The maximum atomic E-state index is 13.6. The van der Waals surface area contributed by atoms with E-state index in [1.807, 2.05) is 55.5 Å². The van der Waals surface area contributed by atoms with Crippen LogP contribution in [-0.4, -0.2) is 34.6 Å². The monoisotopic (exact) mass is 668 g/mol. The fourth-order valence-corrected chi connectivity index (χ4v) is 6.55. The Hall–Kier alpha value is -5.80. The average Bonchev–Trinajstić information content (AvgIpc) is 3.45. The number of rotatable bonds is 11. The summed E-state index contributed by atoms with van der Waals surface area (Å²) in [6.07, 6.45) is 1.61. The highest BCUT2D eigenvalue weighted by Crippen LogP contribution is 2.32. The van der Waals surface area contributed by atoms with Crippen LogP contribution in [0.1, 0.15) is 29.8 Å². The largest absolute Gasteiger partial charge is 0.497 e. The van der Waals surface area contributed by atoms with Crippen LogP contribution in [0.3, 0.4) is 0 Å². The average molecular weight is 669 g/mol. The third-order valence-corrected chi connectivity index (χ3v) is 9.18. The smallest absolute Gasteiger partial charge is 0.272 e. The van der Waals surface area contributed by atoms with Crippen molar-refractivity contribution in [3.05, 3.63) is 138 Å². The Morgan fingerprint density at radius 2 is 1.49 bits per heavy atom. The SMILES string of the molecule is CCn1c2ccccc2c2cc(NC(=O)C(C)Sc3cccc(NC(=O)/C(=C\c4ccc(OC)cc4)NC(=O)c4ccccc4)c3)ccc21. The number of methoxy groups -OCH3 is 1. The highest BCUT2D eigenvalue weighted by molar-refractivity contribution is 8.00. The number of anilines is 2. The molecule has 3 amide bonds. The minimum absolute atomic E-state index is 0.0730. The van der Waals surface area contributed by atoms with Gasteiger partial charge in [0.25, 0.3) is 11.8 Å². The van der Waals surface area contributed by atoms with Crippen LogP contribution < -0.4 is 20.7 Å². The summed E-state index contributed by atoms with van der Waals surface area (Å²) in [5, 5.41) is 10.6. The van der Waals surface area contributed by atoms with Gasteiger partial charge in [0.05, 0.1) is 12.4 Å². The van der Waals surface area contributed by atoms with Gasteiger partial charge in [0.2, 0.25) is 5.91 Å². The van der Waals surface area contributed by atoms with Gasteiger partial charge in [-0.1, -0.05) is 54.6 Å². The first-order valence-corrected chi connectivity index (χ1v) is 16.8. The lowest BCUT2D eigenvalue weighted by Crippen LogP contribution is -2.30. The number of hydrogen-bond donors (Lipinski definition) is 3. The van der Waals surface area contributed by atoms with E-state index >= 15 is 0 Å². The van der Waals surface area contributed by atoms with Gasteiger partial charge in [-0.2, -0.15) is 0 Å². The van der Waals surface area contributed by atoms with Crippen LogP contribution >= 0.6 is 11.8 Å². The molecule has 0 bridgehead atoms. The summed E-state index contributed by atoms with van der Waals surface area (Å²) in [6, 6.07) is 37.4. The molecule has 49 heavy (non-hydrogen) atoms. The van der Waals surface area contributed by atoms with Crippen LogP contribution in [0.5, 0.6) is 5.75 Å². The van der Waals surface area contributed by atoms with E-state index in [2.05, 4.69) is 45.6 Å². The number of amides is 3. The molecule has 1 unspecified atom stereocenters. The van der Waals surface area contributed by atoms with Crippen LogP contribution in [0.4, 0.5) is 11.4 Å². The Balaban J connectivity index is 1.15. The minimum atomic E-state index is -0.493. The molecule has 0 aliphatic carbocycles. The van der Waals surface area contributed by atoms with Crippen molar-refractivity contribution in [3.8, 4) is 5.75 Å². The fourth-order valence-electron chi connectivity index (χ4n) is 5.63. The van der Waals surface area contributed by atoms with Gasteiger partial charge in [-0.3, -0.25) is 14.4 Å². The molecule has 0 fully saturated rings. The molecule has 1 heterocycles. The molecular weight excluding hydrogens is 633 g/mol. The van der Waals surface area contributed by atoms with Crippen LogP contribution in [0.2, 0.25) is 0 Å². The molecule has 0 radical (unpaired) electrons. The zero-order valence-corrected chi connectivity index (χ0v) is 28.2. The quantitative estimate of drug-likeness (QED) is 0.0952. The van der Waals surface area contributed by atoms with E-state index in [9.17, 15) is 14.4 Å².